The van der Waals surface area contributed by atoms with Crippen molar-refractivity contribution < 1.29 is 14.5 Å². The van der Waals surface area contributed by atoms with Crippen LogP contribution in [0.5, 0.6) is 5.75 Å². The molecule has 1 aromatic heterocycles. The number of methoxy groups -OCH3 is 1. The van der Waals surface area contributed by atoms with Crippen LogP contribution in [-0.4, -0.2) is 19.2 Å². The normalized spacial score (nSPS) is 10.6. The zero-order valence-electron chi connectivity index (χ0n) is 9.97. The van der Waals surface area contributed by atoms with Crippen LogP contribution in [0.3, 0.4) is 0 Å². The summed E-state index contributed by atoms with van der Waals surface area (Å²) in [6.07, 6.45) is 0. The number of hydrogen-bond donors (Lipinski definition) is 0. The van der Waals surface area contributed by atoms with Crippen LogP contribution in [0.25, 0.3) is 10.6 Å². The predicted octanol–water partition coefficient (Wildman–Crippen LogP) is 3.55. The first kappa shape index (κ1) is 13.3. The second kappa shape index (κ2) is 6.15. The van der Waals surface area contributed by atoms with Crippen molar-refractivity contribution in [3.05, 3.63) is 34.3 Å². The summed E-state index contributed by atoms with van der Waals surface area (Å²) >= 11 is 7.51. The van der Waals surface area contributed by atoms with Crippen LogP contribution in [0, 0.1) is 0 Å². The topological polar surface area (TPSA) is 40.6 Å². The van der Waals surface area contributed by atoms with Gasteiger partial charge < -0.3 is 4.74 Å². The van der Waals surface area contributed by atoms with Gasteiger partial charge in [0, 0.05) is 5.56 Å². The van der Waals surface area contributed by atoms with Crippen molar-refractivity contribution in [1.29, 1.82) is 0 Å². The van der Waals surface area contributed by atoms with Gasteiger partial charge in [0.25, 0.3) is 0 Å². The van der Waals surface area contributed by atoms with E-state index < -0.39 is 0 Å². The van der Waals surface area contributed by atoms with Gasteiger partial charge in [-0.25, -0.2) is 14.8 Å². The lowest BCUT2D eigenvalue weighted by molar-refractivity contribution is -0.281. The van der Waals surface area contributed by atoms with Crippen LogP contribution in [-0.2, 0) is 16.4 Å². The van der Waals surface area contributed by atoms with Gasteiger partial charge in [0.1, 0.15) is 22.5 Å². The Morgan fingerprint density at radius 3 is 2.56 bits per heavy atom. The molecule has 0 aliphatic heterocycles. The summed E-state index contributed by atoms with van der Waals surface area (Å²) in [4.78, 5) is 14.5. The summed E-state index contributed by atoms with van der Waals surface area (Å²) in [5.41, 5.74) is 0.992. The maximum Gasteiger partial charge on any atom is 0.146 e. The average molecular weight is 286 g/mol. The van der Waals surface area contributed by atoms with E-state index in [-0.39, 0.29) is 0 Å². The summed E-state index contributed by atoms with van der Waals surface area (Å²) in [5, 5.41) is 1.29. The maximum absolute atomic E-state index is 6.03. The van der Waals surface area contributed by atoms with Crippen LogP contribution < -0.4 is 4.74 Å². The maximum atomic E-state index is 6.03. The number of hydrogen-bond acceptors (Lipinski definition) is 5. The van der Waals surface area contributed by atoms with E-state index in [1.54, 1.807) is 7.11 Å². The smallest absolute Gasteiger partial charge is 0.146 e. The fraction of sp³-hybridized carbons (Fsp3) is 0.250. The van der Waals surface area contributed by atoms with Crippen LogP contribution in [0.4, 0.5) is 0 Å². The molecule has 6 heteroatoms. The number of ether oxygens (including phenoxy) is 1. The number of rotatable bonds is 5. The molecule has 18 heavy (non-hydrogen) atoms. The molecule has 0 amide bonds. The van der Waals surface area contributed by atoms with E-state index in [0.717, 1.165) is 21.2 Å². The molecule has 0 bridgehead atoms. The number of nitrogens with zero attached hydrogens (tertiary/aromatic N) is 1. The van der Waals surface area contributed by atoms with Crippen molar-refractivity contribution >= 4 is 22.9 Å². The molecule has 96 valence electrons. The molecule has 0 radical (unpaired) electrons. The molecular weight excluding hydrogens is 274 g/mol. The van der Waals surface area contributed by atoms with Gasteiger partial charge in [0.2, 0.25) is 0 Å². The molecule has 0 spiro atoms. The Hall–Kier alpha value is -1.14. The molecule has 0 N–H and O–H groups in total. The molecule has 4 nitrogen and oxygen atoms in total. The Kier molecular flexibility index (Phi) is 4.54. The third-order valence-electron chi connectivity index (χ3n) is 2.29. The van der Waals surface area contributed by atoms with Gasteiger partial charge in [-0.2, -0.15) is 0 Å². The monoisotopic (exact) mass is 285 g/mol. The molecule has 2 aromatic rings. The Bertz CT molecular complexity index is 513. The number of halogens is 1. The molecule has 0 atom stereocenters. The highest BCUT2D eigenvalue weighted by atomic mass is 35.5. The molecule has 0 fully saturated rings. The molecule has 0 aliphatic carbocycles. The molecule has 1 aromatic carbocycles. The first-order chi connectivity index (χ1) is 8.74. The highest BCUT2D eigenvalue weighted by molar-refractivity contribution is 7.15. The van der Waals surface area contributed by atoms with Gasteiger partial charge >= 0.3 is 0 Å². The Morgan fingerprint density at radius 1 is 1.22 bits per heavy atom. The van der Waals surface area contributed by atoms with Gasteiger partial charge in [0.15, 0.2) is 0 Å². The minimum atomic E-state index is 0.295. The Morgan fingerprint density at radius 2 is 1.94 bits per heavy atom. The second-order valence-corrected chi connectivity index (χ2v) is 4.83. The third-order valence-corrected chi connectivity index (χ3v) is 3.80. The van der Waals surface area contributed by atoms with Crippen molar-refractivity contribution in [3.63, 3.8) is 0 Å². The van der Waals surface area contributed by atoms with E-state index in [9.17, 15) is 0 Å². The molecule has 0 unspecified atom stereocenters. The third kappa shape index (κ3) is 3.00. The number of aromatic nitrogens is 1. The van der Waals surface area contributed by atoms with E-state index in [1.807, 2.05) is 24.3 Å². The van der Waals surface area contributed by atoms with Crippen molar-refractivity contribution in [3.8, 4) is 16.3 Å². The fourth-order valence-electron chi connectivity index (χ4n) is 1.39. The largest absolute Gasteiger partial charge is 0.497 e. The molecule has 0 aliphatic rings. The summed E-state index contributed by atoms with van der Waals surface area (Å²) in [5.74, 6) is 0.810. The van der Waals surface area contributed by atoms with Crippen LogP contribution >= 0.6 is 22.9 Å². The summed E-state index contributed by atoms with van der Waals surface area (Å²) < 4.78 is 5.11. The zero-order chi connectivity index (χ0) is 13.0. The lowest BCUT2D eigenvalue weighted by Crippen LogP contribution is -1.88. The van der Waals surface area contributed by atoms with E-state index in [2.05, 4.69) is 9.87 Å². The van der Waals surface area contributed by atoms with Crippen molar-refractivity contribution in [2.45, 2.75) is 6.61 Å². The van der Waals surface area contributed by atoms with Gasteiger partial charge in [-0.3, -0.25) is 0 Å². The molecule has 1 heterocycles. The van der Waals surface area contributed by atoms with Crippen LogP contribution in [0.1, 0.15) is 4.88 Å². The second-order valence-electron chi connectivity index (χ2n) is 3.39. The van der Waals surface area contributed by atoms with Gasteiger partial charge in [-0.05, 0) is 24.3 Å². The Labute approximate surface area is 114 Å². The van der Waals surface area contributed by atoms with Crippen molar-refractivity contribution in [2.75, 3.05) is 14.2 Å². The summed E-state index contributed by atoms with van der Waals surface area (Å²) in [6.45, 7) is 0.295. The lowest BCUT2D eigenvalue weighted by Gasteiger charge is -2.00. The van der Waals surface area contributed by atoms with Gasteiger partial charge in [0.05, 0.1) is 19.1 Å². The fourth-order valence-corrected chi connectivity index (χ4v) is 2.56. The molecule has 2 rings (SSSR count). The van der Waals surface area contributed by atoms with E-state index >= 15 is 0 Å². The van der Waals surface area contributed by atoms with E-state index in [4.69, 9.17) is 21.2 Å². The van der Waals surface area contributed by atoms with E-state index in [1.165, 1.54) is 18.4 Å². The lowest BCUT2D eigenvalue weighted by atomic mass is 10.2. The summed E-state index contributed by atoms with van der Waals surface area (Å²) in [6, 6.07) is 7.65. The average Bonchev–Trinajstić information content (AvgIpc) is 2.78. The number of thiazole rings is 1. The minimum Gasteiger partial charge on any atom is -0.497 e. The Balaban J connectivity index is 2.21. The van der Waals surface area contributed by atoms with Crippen LogP contribution in [0.15, 0.2) is 24.3 Å². The predicted molar refractivity (Wildman–Crippen MR) is 70.9 cm³/mol. The standard InChI is InChI=1S/C12H12ClNO3S/c1-15-9-5-3-8(4-6-9)12-14-11(13)10(18-12)7-17-16-2/h3-6H,7H2,1-2H3. The first-order valence-electron chi connectivity index (χ1n) is 5.20. The SMILES string of the molecule is COOCc1sc(-c2ccc(OC)cc2)nc1Cl. The molecule has 0 saturated carbocycles. The van der Waals surface area contributed by atoms with Crippen LogP contribution in [0.2, 0.25) is 5.15 Å². The van der Waals surface area contributed by atoms with Crippen molar-refractivity contribution in [1.82, 2.24) is 4.98 Å². The molecular formula is C12H12ClNO3S. The number of benzene rings is 1. The molecule has 0 saturated heterocycles. The van der Waals surface area contributed by atoms with Gasteiger partial charge in [-0.1, -0.05) is 11.6 Å². The highest BCUT2D eigenvalue weighted by Gasteiger charge is 2.11. The highest BCUT2D eigenvalue weighted by Crippen LogP contribution is 2.32. The quantitative estimate of drug-likeness (QED) is 0.622. The zero-order valence-corrected chi connectivity index (χ0v) is 11.5. The van der Waals surface area contributed by atoms with Crippen molar-refractivity contribution in [2.24, 2.45) is 0 Å². The minimum absolute atomic E-state index is 0.295. The first-order valence-corrected chi connectivity index (χ1v) is 6.39. The van der Waals surface area contributed by atoms with E-state index in [0.29, 0.717) is 11.8 Å². The summed E-state index contributed by atoms with van der Waals surface area (Å²) in [7, 11) is 3.09. The van der Waals surface area contributed by atoms with Gasteiger partial charge in [-0.15, -0.1) is 11.3 Å².